The van der Waals surface area contributed by atoms with Crippen LogP contribution in [0.3, 0.4) is 0 Å². The largest absolute Gasteiger partial charge is 0.159 e. The predicted octanol–water partition coefficient (Wildman–Crippen LogP) is 2.58. The topological polar surface area (TPSA) is 25.8 Å². The van der Waals surface area contributed by atoms with E-state index in [1.54, 1.807) is 6.20 Å². The van der Waals surface area contributed by atoms with Crippen molar-refractivity contribution in [2.24, 2.45) is 0 Å². The quantitative estimate of drug-likeness (QED) is 0.741. The first kappa shape index (κ1) is 9.65. The first-order valence-corrected chi connectivity index (χ1v) is 5.15. The Morgan fingerprint density at radius 3 is 3.00 bits per heavy atom. The minimum atomic E-state index is 0.541. The van der Waals surface area contributed by atoms with Crippen LogP contribution in [0.15, 0.2) is 18.3 Å². The van der Waals surface area contributed by atoms with E-state index in [4.69, 9.17) is 0 Å². The minimum Gasteiger partial charge on any atom is -0.159 e. The zero-order chi connectivity index (χ0) is 8.81. The number of aromatic nitrogens is 2. The fourth-order valence-corrected chi connectivity index (χ4v) is 1.87. The van der Waals surface area contributed by atoms with Crippen LogP contribution in [0.25, 0.3) is 0 Å². The van der Waals surface area contributed by atoms with Crippen molar-refractivity contribution in [3.05, 3.63) is 24.0 Å². The first-order chi connectivity index (χ1) is 5.83. The number of hydrogen-bond acceptors (Lipinski definition) is 2. The van der Waals surface area contributed by atoms with Gasteiger partial charge >= 0.3 is 0 Å². The molecule has 1 unspecified atom stereocenters. The lowest BCUT2D eigenvalue weighted by molar-refractivity contribution is 0.725. The van der Waals surface area contributed by atoms with Gasteiger partial charge in [0.15, 0.2) is 0 Å². The van der Waals surface area contributed by atoms with Crippen molar-refractivity contribution in [1.29, 1.82) is 0 Å². The van der Waals surface area contributed by atoms with Gasteiger partial charge in [-0.05, 0) is 18.6 Å². The molecular weight excluding hydrogens is 216 g/mol. The van der Waals surface area contributed by atoms with Crippen LogP contribution in [-0.4, -0.2) is 15.0 Å². The van der Waals surface area contributed by atoms with Crippen LogP contribution in [0.1, 0.15) is 25.5 Å². The Labute approximate surface area is 81.5 Å². The average Bonchev–Trinajstić information content (AvgIpc) is 2.06. The molecule has 0 fully saturated rings. The maximum Gasteiger partial charge on any atom is 0.0642 e. The molecule has 0 radical (unpaired) electrons. The summed E-state index contributed by atoms with van der Waals surface area (Å²) < 4.78 is 0. The third-order valence-corrected chi connectivity index (χ3v) is 2.44. The van der Waals surface area contributed by atoms with E-state index in [0.29, 0.717) is 4.83 Å². The maximum atomic E-state index is 4.02. The van der Waals surface area contributed by atoms with Gasteiger partial charge in [-0.3, -0.25) is 0 Å². The van der Waals surface area contributed by atoms with Crippen LogP contribution in [0, 0.1) is 0 Å². The Hall–Kier alpha value is -0.440. The van der Waals surface area contributed by atoms with Crippen LogP contribution in [0.2, 0.25) is 0 Å². The number of halogens is 1. The molecule has 0 aliphatic heterocycles. The molecular formula is C9H13BrN2. The van der Waals surface area contributed by atoms with Gasteiger partial charge in [-0.15, -0.1) is 0 Å². The third-order valence-electron chi connectivity index (χ3n) is 1.66. The Balaban J connectivity index is 2.41. The summed E-state index contributed by atoms with van der Waals surface area (Å²) in [5.74, 6) is 0. The second kappa shape index (κ2) is 5.25. The van der Waals surface area contributed by atoms with E-state index in [2.05, 4.69) is 33.1 Å². The van der Waals surface area contributed by atoms with E-state index < -0.39 is 0 Å². The molecule has 0 saturated carbocycles. The fraction of sp³-hybridized carbons (Fsp3) is 0.556. The van der Waals surface area contributed by atoms with Crippen molar-refractivity contribution in [1.82, 2.24) is 10.2 Å². The van der Waals surface area contributed by atoms with Gasteiger partial charge in [-0.2, -0.15) is 10.2 Å². The lowest BCUT2D eigenvalue weighted by Crippen LogP contribution is -2.04. The molecule has 0 aliphatic carbocycles. The summed E-state index contributed by atoms with van der Waals surface area (Å²) >= 11 is 3.61. The van der Waals surface area contributed by atoms with Gasteiger partial charge in [-0.1, -0.05) is 29.3 Å². The van der Waals surface area contributed by atoms with E-state index in [9.17, 15) is 0 Å². The van der Waals surface area contributed by atoms with E-state index in [0.717, 1.165) is 12.1 Å². The molecule has 0 bridgehead atoms. The lowest BCUT2D eigenvalue weighted by atomic mass is 10.1. The number of rotatable bonds is 4. The van der Waals surface area contributed by atoms with E-state index >= 15 is 0 Å². The van der Waals surface area contributed by atoms with E-state index in [1.807, 2.05) is 12.1 Å². The molecule has 66 valence electrons. The Morgan fingerprint density at radius 2 is 2.42 bits per heavy atom. The van der Waals surface area contributed by atoms with E-state index in [-0.39, 0.29) is 0 Å². The van der Waals surface area contributed by atoms with Crippen LogP contribution < -0.4 is 0 Å². The smallest absolute Gasteiger partial charge is 0.0642 e. The maximum absolute atomic E-state index is 4.02. The first-order valence-electron chi connectivity index (χ1n) is 4.23. The molecule has 0 aliphatic rings. The van der Waals surface area contributed by atoms with Gasteiger partial charge in [0.2, 0.25) is 0 Å². The summed E-state index contributed by atoms with van der Waals surface area (Å²) in [6, 6.07) is 3.94. The Bertz CT molecular complexity index is 213. The number of alkyl halides is 1. The molecule has 1 aromatic heterocycles. The highest BCUT2D eigenvalue weighted by Gasteiger charge is 2.04. The summed E-state index contributed by atoms with van der Waals surface area (Å²) in [6.07, 6.45) is 5.07. The number of nitrogens with zero attached hydrogens (tertiary/aromatic N) is 2. The predicted molar refractivity (Wildman–Crippen MR) is 53.4 cm³/mol. The van der Waals surface area contributed by atoms with Crippen LogP contribution in [0.5, 0.6) is 0 Å². The van der Waals surface area contributed by atoms with Gasteiger partial charge in [0.25, 0.3) is 0 Å². The van der Waals surface area contributed by atoms with E-state index in [1.165, 1.54) is 12.8 Å². The van der Waals surface area contributed by atoms with Crippen LogP contribution in [-0.2, 0) is 6.42 Å². The Kier molecular flexibility index (Phi) is 4.22. The summed E-state index contributed by atoms with van der Waals surface area (Å²) in [5, 5.41) is 7.85. The fourth-order valence-electron chi connectivity index (χ4n) is 1.08. The highest BCUT2D eigenvalue weighted by Crippen LogP contribution is 2.12. The second-order valence-corrected chi connectivity index (χ2v) is 4.10. The highest BCUT2D eigenvalue weighted by molar-refractivity contribution is 9.09. The second-order valence-electron chi connectivity index (χ2n) is 2.81. The van der Waals surface area contributed by atoms with Gasteiger partial charge in [-0.25, -0.2) is 0 Å². The minimum absolute atomic E-state index is 0.541. The molecule has 0 aromatic carbocycles. The average molecular weight is 229 g/mol. The zero-order valence-electron chi connectivity index (χ0n) is 7.20. The Morgan fingerprint density at radius 1 is 1.58 bits per heavy atom. The molecule has 1 atom stereocenters. The summed E-state index contributed by atoms with van der Waals surface area (Å²) in [7, 11) is 0. The van der Waals surface area contributed by atoms with Gasteiger partial charge in [0.05, 0.1) is 5.69 Å². The van der Waals surface area contributed by atoms with Crippen LogP contribution >= 0.6 is 15.9 Å². The van der Waals surface area contributed by atoms with Gasteiger partial charge < -0.3 is 0 Å². The van der Waals surface area contributed by atoms with Crippen molar-refractivity contribution >= 4 is 15.9 Å². The van der Waals surface area contributed by atoms with Crippen molar-refractivity contribution in [2.45, 2.75) is 31.0 Å². The molecule has 3 heteroatoms. The lowest BCUT2D eigenvalue weighted by Gasteiger charge is -2.05. The summed E-state index contributed by atoms with van der Waals surface area (Å²) in [6.45, 7) is 2.19. The SMILES string of the molecule is CCCC(Br)Cc1cccnn1. The van der Waals surface area contributed by atoms with Gasteiger partial charge in [0, 0.05) is 17.4 Å². The standard InChI is InChI=1S/C9H13BrN2/c1-2-4-8(10)7-9-5-3-6-11-12-9/h3,5-6,8H,2,4,7H2,1H3. The molecule has 0 amide bonds. The van der Waals surface area contributed by atoms with Crippen molar-refractivity contribution in [3.63, 3.8) is 0 Å². The highest BCUT2D eigenvalue weighted by atomic mass is 79.9. The monoisotopic (exact) mass is 228 g/mol. The summed E-state index contributed by atoms with van der Waals surface area (Å²) in [4.78, 5) is 0.541. The molecule has 0 spiro atoms. The van der Waals surface area contributed by atoms with Crippen molar-refractivity contribution in [2.75, 3.05) is 0 Å². The molecule has 1 aromatic rings. The van der Waals surface area contributed by atoms with Crippen LogP contribution in [0.4, 0.5) is 0 Å². The number of hydrogen-bond donors (Lipinski definition) is 0. The molecule has 2 nitrogen and oxygen atoms in total. The zero-order valence-corrected chi connectivity index (χ0v) is 8.79. The molecule has 1 heterocycles. The molecule has 12 heavy (non-hydrogen) atoms. The van der Waals surface area contributed by atoms with Crippen molar-refractivity contribution < 1.29 is 0 Å². The van der Waals surface area contributed by atoms with Crippen molar-refractivity contribution in [3.8, 4) is 0 Å². The molecule has 0 N–H and O–H groups in total. The molecule has 1 rings (SSSR count). The molecule has 0 saturated heterocycles. The van der Waals surface area contributed by atoms with Gasteiger partial charge in [0.1, 0.15) is 0 Å². The summed E-state index contributed by atoms with van der Waals surface area (Å²) in [5.41, 5.74) is 1.06. The normalized spacial score (nSPS) is 12.8. The third kappa shape index (κ3) is 3.30.